The standard InChI is InChI=1S/C7H8N2/c1-2-6-4-8-5-7(6)9-3-1/h1-3,5-7H,4H2. The van der Waals surface area contributed by atoms with Crippen LogP contribution >= 0.6 is 0 Å². The van der Waals surface area contributed by atoms with E-state index in [9.17, 15) is 0 Å². The first-order chi connectivity index (χ1) is 4.47. The smallest absolute Gasteiger partial charge is 0.0926 e. The minimum absolute atomic E-state index is 0.356. The first-order valence-corrected chi connectivity index (χ1v) is 3.17. The normalized spacial score (nSPS) is 37.3. The number of allylic oxidation sites excluding steroid dienone is 1. The molecular weight excluding hydrogens is 112 g/mol. The van der Waals surface area contributed by atoms with Crippen LogP contribution in [0.4, 0.5) is 0 Å². The van der Waals surface area contributed by atoms with E-state index in [-0.39, 0.29) is 0 Å². The third-order valence-electron chi connectivity index (χ3n) is 1.72. The lowest BCUT2D eigenvalue weighted by Crippen LogP contribution is -2.16. The second-order valence-electron chi connectivity index (χ2n) is 2.35. The molecule has 2 heteroatoms. The van der Waals surface area contributed by atoms with Crippen molar-refractivity contribution in [2.75, 3.05) is 6.54 Å². The molecule has 0 saturated carbocycles. The van der Waals surface area contributed by atoms with Gasteiger partial charge in [0.05, 0.1) is 6.04 Å². The van der Waals surface area contributed by atoms with Crippen LogP contribution in [0.3, 0.4) is 0 Å². The third kappa shape index (κ3) is 0.707. The minimum Gasteiger partial charge on any atom is -0.295 e. The fraction of sp³-hybridized carbons (Fsp3) is 0.429. The van der Waals surface area contributed by atoms with E-state index in [0.29, 0.717) is 12.0 Å². The van der Waals surface area contributed by atoms with Gasteiger partial charge in [0.25, 0.3) is 0 Å². The summed E-state index contributed by atoms with van der Waals surface area (Å²) < 4.78 is 0. The molecule has 46 valence electrons. The largest absolute Gasteiger partial charge is 0.295 e. The Morgan fingerprint density at radius 2 is 2.44 bits per heavy atom. The number of rotatable bonds is 0. The first-order valence-electron chi connectivity index (χ1n) is 3.17. The monoisotopic (exact) mass is 120 g/mol. The molecule has 0 saturated heterocycles. The summed E-state index contributed by atoms with van der Waals surface area (Å²) in [6.07, 6.45) is 7.95. The fourth-order valence-corrected chi connectivity index (χ4v) is 1.17. The van der Waals surface area contributed by atoms with Gasteiger partial charge in [-0.2, -0.15) is 0 Å². The first kappa shape index (κ1) is 4.91. The van der Waals surface area contributed by atoms with Crippen molar-refractivity contribution < 1.29 is 0 Å². The molecule has 0 aromatic rings. The van der Waals surface area contributed by atoms with Crippen LogP contribution in [0.2, 0.25) is 0 Å². The summed E-state index contributed by atoms with van der Waals surface area (Å²) in [5.74, 6) is 0.565. The molecule has 2 aliphatic heterocycles. The number of nitrogens with zero attached hydrogens (tertiary/aromatic N) is 2. The minimum atomic E-state index is 0.356. The summed E-state index contributed by atoms with van der Waals surface area (Å²) in [6, 6.07) is 0.356. The number of aliphatic imine (C=N–C) groups is 2. The Bertz CT molecular complexity index is 191. The summed E-state index contributed by atoms with van der Waals surface area (Å²) in [5.41, 5.74) is 0. The number of dihydropyridines is 1. The summed E-state index contributed by atoms with van der Waals surface area (Å²) in [6.45, 7) is 0.929. The molecule has 2 nitrogen and oxygen atoms in total. The number of fused-ring (bicyclic) bond motifs is 1. The van der Waals surface area contributed by atoms with Crippen LogP contribution in [0.1, 0.15) is 0 Å². The number of hydrogen-bond donors (Lipinski definition) is 0. The Morgan fingerprint density at radius 1 is 1.44 bits per heavy atom. The van der Waals surface area contributed by atoms with Crippen LogP contribution in [0.25, 0.3) is 0 Å². The molecule has 0 N–H and O–H groups in total. The quantitative estimate of drug-likeness (QED) is 0.449. The maximum absolute atomic E-state index is 4.23. The van der Waals surface area contributed by atoms with Crippen LogP contribution in [0.15, 0.2) is 22.1 Å². The second-order valence-corrected chi connectivity index (χ2v) is 2.35. The summed E-state index contributed by atoms with van der Waals surface area (Å²) in [7, 11) is 0. The second kappa shape index (κ2) is 1.79. The van der Waals surface area contributed by atoms with Crippen molar-refractivity contribution in [2.45, 2.75) is 6.04 Å². The highest BCUT2D eigenvalue weighted by Crippen LogP contribution is 2.16. The number of hydrogen-bond acceptors (Lipinski definition) is 2. The Morgan fingerprint density at radius 3 is 3.33 bits per heavy atom. The van der Waals surface area contributed by atoms with Gasteiger partial charge in [0.15, 0.2) is 0 Å². The molecule has 0 aromatic heterocycles. The molecule has 0 aromatic carbocycles. The van der Waals surface area contributed by atoms with Gasteiger partial charge in [-0.3, -0.25) is 9.98 Å². The van der Waals surface area contributed by atoms with Crippen molar-refractivity contribution in [3.8, 4) is 0 Å². The predicted molar refractivity (Wildman–Crippen MR) is 38.3 cm³/mol. The highest BCUT2D eigenvalue weighted by molar-refractivity contribution is 5.79. The highest BCUT2D eigenvalue weighted by atomic mass is 14.9. The Hall–Kier alpha value is -0.920. The lowest BCUT2D eigenvalue weighted by Gasteiger charge is -2.10. The van der Waals surface area contributed by atoms with Gasteiger partial charge in [-0.05, 0) is 6.08 Å². The van der Waals surface area contributed by atoms with E-state index >= 15 is 0 Å². The molecule has 2 aliphatic rings. The summed E-state index contributed by atoms with van der Waals surface area (Å²) in [4.78, 5) is 8.37. The molecule has 0 fully saturated rings. The Balaban J connectivity index is 2.25. The summed E-state index contributed by atoms with van der Waals surface area (Å²) in [5, 5.41) is 0. The van der Waals surface area contributed by atoms with Gasteiger partial charge in [0.1, 0.15) is 0 Å². The Labute approximate surface area is 54.0 Å². The molecule has 2 unspecified atom stereocenters. The van der Waals surface area contributed by atoms with Gasteiger partial charge >= 0.3 is 0 Å². The molecule has 0 radical (unpaired) electrons. The maximum atomic E-state index is 4.23. The molecule has 0 aliphatic carbocycles. The summed E-state index contributed by atoms with van der Waals surface area (Å²) >= 11 is 0. The predicted octanol–water partition coefficient (Wildman–Crippen LogP) is 0.696. The molecular formula is C7H8N2. The van der Waals surface area contributed by atoms with Crippen molar-refractivity contribution in [1.29, 1.82) is 0 Å². The van der Waals surface area contributed by atoms with Gasteiger partial charge in [-0.15, -0.1) is 0 Å². The van der Waals surface area contributed by atoms with Gasteiger partial charge < -0.3 is 0 Å². The molecule has 2 rings (SSSR count). The zero-order valence-electron chi connectivity index (χ0n) is 5.07. The average Bonchev–Trinajstić information content (AvgIpc) is 2.33. The fourth-order valence-electron chi connectivity index (χ4n) is 1.17. The van der Waals surface area contributed by atoms with Crippen LogP contribution in [0, 0.1) is 5.92 Å². The maximum Gasteiger partial charge on any atom is 0.0926 e. The van der Waals surface area contributed by atoms with Gasteiger partial charge in [0.2, 0.25) is 0 Å². The molecule has 0 amide bonds. The van der Waals surface area contributed by atoms with E-state index in [4.69, 9.17) is 0 Å². The zero-order chi connectivity index (χ0) is 6.10. The van der Waals surface area contributed by atoms with Crippen LogP contribution < -0.4 is 0 Å². The lowest BCUT2D eigenvalue weighted by atomic mass is 10.0. The average molecular weight is 120 g/mol. The lowest BCUT2D eigenvalue weighted by molar-refractivity contribution is 0.656. The third-order valence-corrected chi connectivity index (χ3v) is 1.72. The molecule has 9 heavy (non-hydrogen) atoms. The molecule has 2 atom stereocenters. The van der Waals surface area contributed by atoms with E-state index in [0.717, 1.165) is 6.54 Å². The van der Waals surface area contributed by atoms with Crippen LogP contribution in [-0.4, -0.2) is 25.0 Å². The van der Waals surface area contributed by atoms with E-state index in [1.54, 1.807) is 0 Å². The van der Waals surface area contributed by atoms with Crippen molar-refractivity contribution in [2.24, 2.45) is 15.9 Å². The van der Waals surface area contributed by atoms with Crippen molar-refractivity contribution in [3.05, 3.63) is 12.2 Å². The topological polar surface area (TPSA) is 24.7 Å². The Kier molecular flexibility index (Phi) is 0.979. The van der Waals surface area contributed by atoms with E-state index in [1.165, 1.54) is 0 Å². The van der Waals surface area contributed by atoms with Gasteiger partial charge in [0, 0.05) is 24.9 Å². The zero-order valence-corrected chi connectivity index (χ0v) is 5.07. The van der Waals surface area contributed by atoms with Gasteiger partial charge in [-0.1, -0.05) is 6.08 Å². The van der Waals surface area contributed by atoms with Crippen LogP contribution in [-0.2, 0) is 0 Å². The molecule has 0 spiro atoms. The van der Waals surface area contributed by atoms with Crippen LogP contribution in [0.5, 0.6) is 0 Å². The van der Waals surface area contributed by atoms with Crippen molar-refractivity contribution in [3.63, 3.8) is 0 Å². The molecule has 2 heterocycles. The van der Waals surface area contributed by atoms with Gasteiger partial charge in [-0.25, -0.2) is 0 Å². The SMILES string of the molecule is C1=CC2CN=CC2N=C1. The van der Waals surface area contributed by atoms with E-state index in [2.05, 4.69) is 16.1 Å². The van der Waals surface area contributed by atoms with E-state index in [1.807, 2.05) is 18.5 Å². The van der Waals surface area contributed by atoms with Crippen molar-refractivity contribution in [1.82, 2.24) is 0 Å². The molecule has 0 bridgehead atoms. The van der Waals surface area contributed by atoms with E-state index < -0.39 is 0 Å². The van der Waals surface area contributed by atoms with Crippen molar-refractivity contribution >= 4 is 12.4 Å². The highest BCUT2D eigenvalue weighted by Gasteiger charge is 2.21.